The van der Waals surface area contributed by atoms with Crippen LogP contribution in [0.2, 0.25) is 0 Å². The Bertz CT molecular complexity index is 4380. The molecule has 100 heavy (non-hydrogen) atoms. The third-order valence-corrected chi connectivity index (χ3v) is 23.4. The molecule has 6 aromatic rings. The predicted octanol–water partition coefficient (Wildman–Crippen LogP) is 6.06. The number of aromatic nitrogens is 4. The Morgan fingerprint density at radius 3 is 2.39 bits per heavy atom. The molecule has 13 rings (SSSR count). The molecule has 4 aliphatic carbocycles. The highest BCUT2D eigenvalue weighted by Gasteiger charge is 2.84. The number of ether oxygens (including phenoxy) is 4. The highest BCUT2D eigenvalue weighted by Crippen LogP contribution is 2.89. The SMILES string of the molecule is Cc1c(-c2ccc(N3CCc4cccc(C(=O)Nc5nc6ccccc6s5)c4C3)nc2C(=O)O)cnn1CC12CC3(OCCN(CCS(=O)(=O)O)C(=O)OCc4ccc(CCCCNC(=O)CCN5C(=O)C=CC5=O)cc4O[C@@H]4O[C@H](C(=O)O)[C@@H](O)[C@H](O)[C@H]4O)CC4(C)CC(C)(C1)C4(C2)C3. The molecular formula is C70H79N9O19S2. The Morgan fingerprint density at radius 1 is 0.850 bits per heavy atom. The van der Waals surface area contributed by atoms with Gasteiger partial charge in [0.15, 0.2) is 16.9 Å². The van der Waals surface area contributed by atoms with Gasteiger partial charge in [0.25, 0.3) is 27.8 Å². The van der Waals surface area contributed by atoms with Crippen molar-refractivity contribution in [3.63, 3.8) is 0 Å². The number of thiazole rings is 1. The summed E-state index contributed by atoms with van der Waals surface area (Å²) in [4.78, 5) is 103. The Morgan fingerprint density at radius 2 is 1.63 bits per heavy atom. The number of aliphatic carboxylic acids is 1. The molecular weight excluding hydrogens is 1330 g/mol. The summed E-state index contributed by atoms with van der Waals surface area (Å²) in [5.41, 5.74) is 4.41. The number of carbonyl (C=O) groups excluding carboxylic acids is 5. The third-order valence-electron chi connectivity index (χ3n) is 21.7. The summed E-state index contributed by atoms with van der Waals surface area (Å²) in [6.45, 7) is 6.95. The van der Waals surface area contributed by atoms with Crippen LogP contribution in [0.15, 0.2) is 91.1 Å². The number of nitrogens with one attached hydrogen (secondary N) is 2. The van der Waals surface area contributed by atoms with Gasteiger partial charge in [-0.15, -0.1) is 0 Å². The Kier molecular flexibility index (Phi) is 18.8. The highest BCUT2D eigenvalue weighted by molar-refractivity contribution is 7.85. The molecule has 30 heteroatoms. The number of carboxylic acid groups (broad SMARTS) is 2. The van der Waals surface area contributed by atoms with E-state index in [2.05, 4.69) is 29.5 Å². The second-order valence-corrected chi connectivity index (χ2v) is 31.0. The summed E-state index contributed by atoms with van der Waals surface area (Å²) < 4.78 is 61.6. The fraction of sp³-hybridized carbons (Fsp3) is 0.486. The van der Waals surface area contributed by atoms with Crippen molar-refractivity contribution < 1.29 is 91.0 Å². The first-order chi connectivity index (χ1) is 47.6. The number of pyridine rings is 1. The van der Waals surface area contributed by atoms with E-state index in [9.17, 15) is 72.1 Å². The number of benzene rings is 3. The molecule has 8 N–H and O–H groups in total. The molecule has 3 bridgehead atoms. The lowest BCUT2D eigenvalue weighted by Gasteiger charge is -2.64. The monoisotopic (exact) mass is 1410 g/mol. The number of amides is 5. The van der Waals surface area contributed by atoms with Gasteiger partial charge in [0, 0.05) is 92.3 Å². The van der Waals surface area contributed by atoms with E-state index in [0.29, 0.717) is 84.9 Å². The van der Waals surface area contributed by atoms with Gasteiger partial charge in [0.2, 0.25) is 12.2 Å². The number of nitrogens with zero attached hydrogens (tertiary/aromatic N) is 7. The molecule has 0 radical (unpaired) electrons. The van der Waals surface area contributed by atoms with E-state index in [1.54, 1.807) is 30.5 Å². The van der Waals surface area contributed by atoms with Gasteiger partial charge >= 0.3 is 18.0 Å². The maximum atomic E-state index is 14.2. The standard InChI is InChI=1S/C70H79N9O19S2/c1-40-46(44-16-17-51(74-55(44)61(87)88)77-23-20-42-10-8-11-45(47(42)31-77)60(86)75-64-73-48-12-4-5-13-50(48)99-64)30-72-79(40)39-68-34-66(2)33-67(3)35-69(36-68,38-70(66,67)37-68)96-27-25-76(26-28-100(92,93)94)65(91)95-32-43-15-14-41(9-6-7-22-71-52(80)21-24-78-53(81)18-19-54(78)82)29-49(43)97-63-58(85)56(83)57(84)59(98-63)62(89)90/h4-5,8,10-19,29-30,56-59,63,83-85H,6-7,9,20-28,31-39H2,1-3H3,(H,71,80)(H,87,88)(H,89,90)(H,73,75,86)(H,92,93,94)/t56-,57-,58+,59-,63+,66?,67?,68?,69?,70?/m0/s1. The van der Waals surface area contributed by atoms with Crippen LogP contribution in [0.5, 0.6) is 5.75 Å². The van der Waals surface area contributed by atoms with Crippen LogP contribution in [0, 0.1) is 28.6 Å². The third kappa shape index (κ3) is 13.5. The van der Waals surface area contributed by atoms with Gasteiger partial charge in [-0.05, 0) is 146 Å². The maximum absolute atomic E-state index is 14.2. The zero-order chi connectivity index (χ0) is 70.8. The summed E-state index contributed by atoms with van der Waals surface area (Å²) in [6.07, 6.45) is -0.0288. The second kappa shape index (κ2) is 27.0. The van der Waals surface area contributed by atoms with Gasteiger partial charge in [0.05, 0.1) is 34.4 Å². The summed E-state index contributed by atoms with van der Waals surface area (Å²) >= 11 is 1.39. The number of hydrogen-bond acceptors (Lipinski definition) is 21. The molecule has 3 aromatic heterocycles. The van der Waals surface area contributed by atoms with Crippen LogP contribution < -0.4 is 20.3 Å². The Labute approximate surface area is 579 Å². The van der Waals surface area contributed by atoms with E-state index in [4.69, 9.17) is 29.0 Å². The molecule has 5 fully saturated rings. The summed E-state index contributed by atoms with van der Waals surface area (Å²) in [7, 11) is -4.60. The number of fused-ring (bicyclic) bond motifs is 4. The van der Waals surface area contributed by atoms with Crippen molar-refractivity contribution in [3.8, 4) is 16.9 Å². The minimum absolute atomic E-state index is 0.0218. The van der Waals surface area contributed by atoms with Crippen molar-refractivity contribution in [3.05, 3.63) is 130 Å². The lowest BCUT2D eigenvalue weighted by atomic mass is 9.40. The molecule has 5 unspecified atom stereocenters. The molecule has 1 spiro atoms. The molecule has 10 atom stereocenters. The van der Waals surface area contributed by atoms with Crippen molar-refractivity contribution >= 4 is 84.3 Å². The van der Waals surface area contributed by atoms with E-state index < -0.39 is 95.2 Å². The lowest BCUT2D eigenvalue weighted by molar-refractivity contribution is -0.271. The fourth-order valence-electron chi connectivity index (χ4n) is 17.6. The van der Waals surface area contributed by atoms with Gasteiger partial charge in [-0.2, -0.15) is 13.5 Å². The van der Waals surface area contributed by atoms with Crippen LogP contribution in [0.25, 0.3) is 21.3 Å². The smallest absolute Gasteiger partial charge is 0.410 e. The molecule has 530 valence electrons. The topological polar surface area (TPSA) is 389 Å². The van der Waals surface area contributed by atoms with Gasteiger partial charge in [0.1, 0.15) is 36.5 Å². The Balaban J connectivity index is 0.676. The van der Waals surface area contributed by atoms with Crippen molar-refractivity contribution in [1.29, 1.82) is 0 Å². The predicted molar refractivity (Wildman–Crippen MR) is 359 cm³/mol. The first-order valence-corrected chi connectivity index (χ1v) is 35.8. The first-order valence-electron chi connectivity index (χ1n) is 33.4. The van der Waals surface area contributed by atoms with Crippen molar-refractivity contribution in [1.82, 2.24) is 34.9 Å². The number of carboxylic acids is 2. The first kappa shape index (κ1) is 69.7. The fourth-order valence-corrected chi connectivity index (χ4v) is 18.9. The van der Waals surface area contributed by atoms with Crippen LogP contribution in [0.4, 0.5) is 15.7 Å². The number of unbranched alkanes of at least 4 members (excludes halogenated alkanes) is 1. The number of aliphatic hydroxyl groups excluding tert-OH is 3. The normalized spacial score (nSPS) is 27.1. The number of aromatic carboxylic acids is 1. The summed E-state index contributed by atoms with van der Waals surface area (Å²) in [6, 6.07) is 21.6. The van der Waals surface area contributed by atoms with Gasteiger partial charge < -0.3 is 59.6 Å². The summed E-state index contributed by atoms with van der Waals surface area (Å²) in [5.74, 6) is -4.95. The van der Waals surface area contributed by atoms with Crippen LogP contribution in [0.1, 0.15) is 120 Å². The zero-order valence-corrected chi connectivity index (χ0v) is 57.0. The Hall–Kier alpha value is -8.75. The van der Waals surface area contributed by atoms with Crippen LogP contribution in [-0.4, -0.2) is 191 Å². The largest absolute Gasteiger partial charge is 0.479 e. The second-order valence-electron chi connectivity index (χ2n) is 28.4. The molecule has 3 aromatic carbocycles. The number of anilines is 2. The number of hydrogen-bond donors (Lipinski definition) is 8. The zero-order valence-electron chi connectivity index (χ0n) is 55.3. The molecule has 28 nitrogen and oxygen atoms in total. The highest BCUT2D eigenvalue weighted by atomic mass is 32.2. The minimum Gasteiger partial charge on any atom is -0.479 e. The number of imide groups is 1. The van der Waals surface area contributed by atoms with Crippen LogP contribution in [0.3, 0.4) is 0 Å². The van der Waals surface area contributed by atoms with Crippen LogP contribution in [-0.2, 0) is 76.0 Å². The number of aliphatic hydroxyl groups is 3. The van der Waals surface area contributed by atoms with E-state index in [-0.39, 0.29) is 83.1 Å². The minimum atomic E-state index is -4.60. The quantitative estimate of drug-likeness (QED) is 0.0165. The van der Waals surface area contributed by atoms with Crippen molar-refractivity contribution in [2.45, 2.75) is 147 Å². The number of aryl methyl sites for hydroxylation is 1. The van der Waals surface area contributed by atoms with Gasteiger partial charge in [-0.1, -0.05) is 61.6 Å². The van der Waals surface area contributed by atoms with E-state index >= 15 is 0 Å². The number of rotatable bonds is 27. The van der Waals surface area contributed by atoms with E-state index in [1.165, 1.54) is 17.4 Å². The number of para-hydroxylation sites is 1. The number of carbonyl (C=O) groups is 7. The molecule has 6 heterocycles. The summed E-state index contributed by atoms with van der Waals surface area (Å²) in [5, 5.41) is 63.7. The van der Waals surface area contributed by atoms with Gasteiger partial charge in [-0.25, -0.2) is 24.4 Å². The lowest BCUT2D eigenvalue weighted by Crippen LogP contribution is -2.61. The maximum Gasteiger partial charge on any atom is 0.410 e. The molecule has 7 aliphatic rings. The van der Waals surface area contributed by atoms with E-state index in [1.807, 2.05) is 59.0 Å². The molecule has 1 saturated heterocycles. The molecule has 4 saturated carbocycles. The van der Waals surface area contributed by atoms with Crippen molar-refractivity contribution in [2.75, 3.05) is 55.3 Å². The van der Waals surface area contributed by atoms with Crippen LogP contribution >= 0.6 is 11.3 Å². The average molecular weight is 1410 g/mol. The van der Waals surface area contributed by atoms with Crippen molar-refractivity contribution in [2.24, 2.45) is 21.7 Å². The molecule has 5 amide bonds. The molecule has 3 aliphatic heterocycles. The average Bonchev–Trinajstić information content (AvgIpc) is 1.46. The van der Waals surface area contributed by atoms with Gasteiger partial charge in [-0.3, -0.25) is 38.6 Å². The van der Waals surface area contributed by atoms with E-state index in [0.717, 1.165) is 81.1 Å².